The molecule has 0 fully saturated rings. The second-order valence-corrected chi connectivity index (χ2v) is 9.55. The second-order valence-electron chi connectivity index (χ2n) is 5.00. The third-order valence-corrected chi connectivity index (χ3v) is 5.04. The Labute approximate surface area is 118 Å². The van der Waals surface area contributed by atoms with Gasteiger partial charge in [0.2, 0.25) is 0 Å². The van der Waals surface area contributed by atoms with Crippen molar-refractivity contribution in [1.82, 2.24) is 0 Å². The number of nitrogens with two attached hydrogens (primary N) is 1. The number of anilines is 2. The molecule has 0 bridgehead atoms. The largest absolute Gasteiger partial charge is 0.397 e. The lowest BCUT2D eigenvalue weighted by molar-refractivity contribution is 0.582. The van der Waals surface area contributed by atoms with Gasteiger partial charge in [0.15, 0.2) is 0 Å². The molecule has 0 aliphatic heterocycles. The summed E-state index contributed by atoms with van der Waals surface area (Å²) in [6.07, 6.45) is 0.676. The van der Waals surface area contributed by atoms with Crippen LogP contribution in [0, 0.1) is 0 Å². The Bertz CT molecular complexity index is 589. The summed E-state index contributed by atoms with van der Waals surface area (Å²) in [4.78, 5) is 1.22. The minimum Gasteiger partial charge on any atom is -0.397 e. The maximum Gasteiger partial charge on any atom is 0.0836 e. The number of thiophene rings is 1. The first kappa shape index (κ1) is 14.2. The highest BCUT2D eigenvalue weighted by Gasteiger charge is 2.08. The summed E-state index contributed by atoms with van der Waals surface area (Å²) in [6, 6.07) is 10.1. The Hall–Kier alpha value is -1.25. The average molecular weight is 294 g/mol. The van der Waals surface area contributed by atoms with E-state index < -0.39 is 7.14 Å². The van der Waals surface area contributed by atoms with Gasteiger partial charge in [-0.05, 0) is 42.5 Å². The summed E-state index contributed by atoms with van der Waals surface area (Å²) in [5.41, 5.74) is 8.76. The molecule has 0 unspecified atom stereocenters. The average Bonchev–Trinajstić information content (AvgIpc) is 2.83. The number of benzene rings is 1. The van der Waals surface area contributed by atoms with Crippen LogP contribution in [0.15, 0.2) is 35.7 Å². The summed E-state index contributed by atoms with van der Waals surface area (Å²) < 4.78 is 11.7. The fourth-order valence-corrected chi connectivity index (χ4v) is 3.14. The number of nitrogens with one attached hydrogen (secondary N) is 1. The molecule has 0 aliphatic carbocycles. The van der Waals surface area contributed by atoms with Crippen LogP contribution >= 0.6 is 18.5 Å². The molecule has 0 saturated heterocycles. The first-order valence-electron chi connectivity index (χ1n) is 6.17. The molecule has 0 radical (unpaired) electrons. The Morgan fingerprint density at radius 1 is 1.32 bits per heavy atom. The molecule has 3 N–H and O–H groups in total. The molecule has 1 heterocycles. The molecular weight excluding hydrogens is 275 g/mol. The van der Waals surface area contributed by atoms with Crippen LogP contribution in [-0.4, -0.2) is 26.0 Å². The molecule has 102 valence electrons. The SMILES string of the molecule is CP(C)(=O)CCNc1cc(-c2cccs2)ccc1N. The molecule has 2 rings (SSSR count). The van der Waals surface area contributed by atoms with Crippen molar-refractivity contribution in [1.29, 1.82) is 0 Å². The molecule has 5 heteroatoms. The van der Waals surface area contributed by atoms with Crippen molar-refractivity contribution in [3.05, 3.63) is 35.7 Å². The van der Waals surface area contributed by atoms with Crippen LogP contribution in [0.4, 0.5) is 11.4 Å². The van der Waals surface area contributed by atoms with Crippen LogP contribution < -0.4 is 11.1 Å². The lowest BCUT2D eigenvalue weighted by Crippen LogP contribution is -2.08. The molecule has 19 heavy (non-hydrogen) atoms. The monoisotopic (exact) mass is 294 g/mol. The molecule has 1 aromatic heterocycles. The smallest absolute Gasteiger partial charge is 0.0836 e. The number of hydrogen-bond acceptors (Lipinski definition) is 4. The van der Waals surface area contributed by atoms with E-state index in [2.05, 4.69) is 22.8 Å². The van der Waals surface area contributed by atoms with Crippen molar-refractivity contribution in [2.45, 2.75) is 0 Å². The van der Waals surface area contributed by atoms with Crippen LogP contribution in [0.1, 0.15) is 0 Å². The maximum atomic E-state index is 11.7. The van der Waals surface area contributed by atoms with Gasteiger partial charge in [-0.15, -0.1) is 11.3 Å². The van der Waals surface area contributed by atoms with Gasteiger partial charge in [0, 0.05) is 17.6 Å². The fourth-order valence-electron chi connectivity index (χ4n) is 1.77. The topological polar surface area (TPSA) is 55.1 Å². The summed E-state index contributed by atoms with van der Waals surface area (Å²) in [5, 5.41) is 5.34. The van der Waals surface area contributed by atoms with Gasteiger partial charge in [0.25, 0.3) is 0 Å². The summed E-state index contributed by atoms with van der Waals surface area (Å²) >= 11 is 1.71. The number of rotatable bonds is 5. The minimum atomic E-state index is -1.98. The Morgan fingerprint density at radius 2 is 2.11 bits per heavy atom. The highest BCUT2D eigenvalue weighted by atomic mass is 32.1. The van der Waals surface area contributed by atoms with Crippen LogP contribution in [0.2, 0.25) is 0 Å². The number of hydrogen-bond donors (Lipinski definition) is 2. The zero-order chi connectivity index (χ0) is 13.9. The molecule has 2 aromatic rings. The molecule has 0 spiro atoms. The predicted octanol–water partition coefficient (Wildman–Crippen LogP) is 4.03. The van der Waals surface area contributed by atoms with Gasteiger partial charge in [0.05, 0.1) is 18.5 Å². The Kier molecular flexibility index (Phi) is 4.33. The summed E-state index contributed by atoms with van der Waals surface area (Å²) in [5.74, 6) is 0. The van der Waals surface area contributed by atoms with Gasteiger partial charge >= 0.3 is 0 Å². The van der Waals surface area contributed by atoms with Crippen molar-refractivity contribution in [2.75, 3.05) is 37.1 Å². The van der Waals surface area contributed by atoms with Crippen molar-refractivity contribution in [3.8, 4) is 10.4 Å². The van der Waals surface area contributed by atoms with Gasteiger partial charge in [-0.25, -0.2) is 0 Å². The molecular formula is C14H19N2OPS. The molecule has 0 aliphatic rings. The van der Waals surface area contributed by atoms with E-state index in [-0.39, 0.29) is 0 Å². The van der Waals surface area contributed by atoms with Gasteiger partial charge in [0.1, 0.15) is 0 Å². The Balaban J connectivity index is 2.12. The molecule has 0 amide bonds. The lowest BCUT2D eigenvalue weighted by Gasteiger charge is -2.12. The van der Waals surface area contributed by atoms with E-state index in [1.807, 2.05) is 18.2 Å². The third-order valence-electron chi connectivity index (χ3n) is 2.82. The van der Waals surface area contributed by atoms with Gasteiger partial charge < -0.3 is 15.6 Å². The predicted molar refractivity (Wildman–Crippen MR) is 87.0 cm³/mol. The van der Waals surface area contributed by atoms with E-state index in [1.165, 1.54) is 4.88 Å². The quantitative estimate of drug-likeness (QED) is 0.646. The first-order chi connectivity index (χ1) is 8.96. The van der Waals surface area contributed by atoms with Crippen molar-refractivity contribution in [3.63, 3.8) is 0 Å². The van der Waals surface area contributed by atoms with Crippen molar-refractivity contribution < 1.29 is 4.57 Å². The molecule has 0 atom stereocenters. The molecule has 3 nitrogen and oxygen atoms in total. The summed E-state index contributed by atoms with van der Waals surface area (Å²) in [7, 11) is -1.98. The van der Waals surface area contributed by atoms with Crippen molar-refractivity contribution in [2.24, 2.45) is 0 Å². The van der Waals surface area contributed by atoms with Crippen LogP contribution in [0.25, 0.3) is 10.4 Å². The highest BCUT2D eigenvalue weighted by Crippen LogP contribution is 2.35. The third kappa shape index (κ3) is 4.12. The standard InChI is InChI=1S/C14H19N2OPS/c1-18(2,17)8-7-16-13-10-11(5-6-12(13)15)14-4-3-9-19-14/h3-6,9-10,16H,7-8,15H2,1-2H3. The number of nitrogen functional groups attached to an aromatic ring is 1. The lowest BCUT2D eigenvalue weighted by atomic mass is 10.1. The molecule has 0 saturated carbocycles. The van der Waals surface area contributed by atoms with E-state index >= 15 is 0 Å². The van der Waals surface area contributed by atoms with E-state index in [9.17, 15) is 4.57 Å². The van der Waals surface area contributed by atoms with Gasteiger partial charge in [-0.3, -0.25) is 0 Å². The zero-order valence-corrected chi connectivity index (χ0v) is 12.9. The Morgan fingerprint density at radius 3 is 2.74 bits per heavy atom. The minimum absolute atomic E-state index is 0.676. The van der Waals surface area contributed by atoms with Crippen LogP contribution in [-0.2, 0) is 4.57 Å². The van der Waals surface area contributed by atoms with Gasteiger partial charge in [-0.1, -0.05) is 12.1 Å². The van der Waals surface area contributed by atoms with E-state index in [1.54, 1.807) is 24.7 Å². The van der Waals surface area contributed by atoms with Gasteiger partial charge in [-0.2, -0.15) is 0 Å². The van der Waals surface area contributed by atoms with E-state index in [4.69, 9.17) is 5.73 Å². The highest BCUT2D eigenvalue weighted by molar-refractivity contribution is 7.62. The fraction of sp³-hybridized carbons (Fsp3) is 0.286. The van der Waals surface area contributed by atoms with Crippen molar-refractivity contribution >= 4 is 29.9 Å². The summed E-state index contributed by atoms with van der Waals surface area (Å²) in [6.45, 7) is 4.29. The van der Waals surface area contributed by atoms with Crippen LogP contribution in [0.5, 0.6) is 0 Å². The van der Waals surface area contributed by atoms with Crippen LogP contribution in [0.3, 0.4) is 0 Å². The first-order valence-corrected chi connectivity index (χ1v) is 9.83. The maximum absolute atomic E-state index is 11.7. The molecule has 1 aromatic carbocycles. The van der Waals surface area contributed by atoms with E-state index in [0.29, 0.717) is 12.7 Å². The second kappa shape index (κ2) is 5.81. The van der Waals surface area contributed by atoms with E-state index in [0.717, 1.165) is 16.9 Å². The normalized spacial score (nSPS) is 11.5. The zero-order valence-electron chi connectivity index (χ0n) is 11.2.